The number of para-hydroxylation sites is 1. The molecule has 0 spiro atoms. The minimum atomic E-state index is -1.37. The number of hydrogen-bond acceptors (Lipinski definition) is 12. The maximum absolute atomic E-state index is 13.7. The van der Waals surface area contributed by atoms with Crippen LogP contribution in [0.4, 0.5) is 5.69 Å². The van der Waals surface area contributed by atoms with E-state index in [2.05, 4.69) is 4.99 Å². The highest BCUT2D eigenvalue weighted by Crippen LogP contribution is 2.39. The number of amidine groups is 1. The number of rotatable bonds is 8. The molecule has 1 amide bonds. The van der Waals surface area contributed by atoms with Crippen LogP contribution >= 0.6 is 23.4 Å². The van der Waals surface area contributed by atoms with Crippen molar-refractivity contribution < 1.29 is 47.7 Å². The molecule has 2 heterocycles. The fourth-order valence-corrected chi connectivity index (χ4v) is 5.89. The lowest BCUT2D eigenvalue weighted by atomic mass is 9.99. The molecule has 0 radical (unpaired) electrons. The molecule has 232 valence electrons. The molecule has 0 aromatic heterocycles. The van der Waals surface area contributed by atoms with Crippen molar-refractivity contribution in [3.8, 4) is 0 Å². The van der Waals surface area contributed by atoms with Crippen molar-refractivity contribution in [1.82, 2.24) is 0 Å². The molecule has 2 aromatic rings. The molecule has 0 aliphatic carbocycles. The molecule has 14 heteroatoms. The number of thioether (sulfide) groups is 1. The number of amides is 1. The summed E-state index contributed by atoms with van der Waals surface area (Å²) in [7, 11) is 0. The van der Waals surface area contributed by atoms with Gasteiger partial charge in [0.05, 0.1) is 5.69 Å². The topological polar surface area (TPSA) is 147 Å². The van der Waals surface area contributed by atoms with Gasteiger partial charge in [-0.25, -0.2) is 4.99 Å². The molecule has 2 aliphatic heterocycles. The highest BCUT2D eigenvalue weighted by molar-refractivity contribution is 8.14. The Kier molecular flexibility index (Phi) is 10.8. The van der Waals surface area contributed by atoms with E-state index in [9.17, 15) is 24.0 Å². The Morgan fingerprint density at radius 1 is 0.864 bits per heavy atom. The predicted molar refractivity (Wildman–Crippen MR) is 160 cm³/mol. The number of hydrogen-bond donors (Lipinski definition) is 0. The quantitative estimate of drug-likeness (QED) is 0.234. The third-order valence-corrected chi connectivity index (χ3v) is 7.65. The van der Waals surface area contributed by atoms with Crippen LogP contribution in [0.15, 0.2) is 65.3 Å². The van der Waals surface area contributed by atoms with E-state index < -0.39 is 59.6 Å². The average molecular weight is 645 g/mol. The van der Waals surface area contributed by atoms with Gasteiger partial charge in [-0.05, 0) is 29.8 Å². The Morgan fingerprint density at radius 2 is 1.45 bits per heavy atom. The number of benzene rings is 2. The fourth-order valence-electron chi connectivity index (χ4n) is 4.51. The van der Waals surface area contributed by atoms with Crippen molar-refractivity contribution in [2.45, 2.75) is 57.5 Å². The van der Waals surface area contributed by atoms with Crippen LogP contribution in [0.2, 0.25) is 5.02 Å². The lowest BCUT2D eigenvalue weighted by molar-refractivity contribution is -0.237. The van der Waals surface area contributed by atoms with E-state index in [-0.39, 0.29) is 17.5 Å². The normalized spacial score (nSPS) is 24.0. The van der Waals surface area contributed by atoms with Crippen molar-refractivity contribution in [3.05, 3.63) is 70.9 Å². The molecule has 12 nitrogen and oxygen atoms in total. The van der Waals surface area contributed by atoms with Crippen LogP contribution in [0, 0.1) is 0 Å². The van der Waals surface area contributed by atoms with Gasteiger partial charge in [-0.1, -0.05) is 59.8 Å². The summed E-state index contributed by atoms with van der Waals surface area (Å²) in [5, 5.41) is 0.551. The smallest absolute Gasteiger partial charge is 0.303 e. The van der Waals surface area contributed by atoms with Crippen molar-refractivity contribution in [3.63, 3.8) is 0 Å². The van der Waals surface area contributed by atoms with Crippen LogP contribution in [0.3, 0.4) is 0 Å². The Bertz CT molecular complexity index is 1500. The Hall–Kier alpha value is -4.20. The summed E-state index contributed by atoms with van der Waals surface area (Å²) < 4.78 is 27.9. The largest absolute Gasteiger partial charge is 0.463 e. The molecule has 5 unspecified atom stereocenters. The van der Waals surface area contributed by atoms with Crippen molar-refractivity contribution in [1.29, 1.82) is 0 Å². The predicted octanol–water partition coefficient (Wildman–Crippen LogP) is 3.90. The first kappa shape index (κ1) is 32.7. The number of aliphatic imine (C=N–C) groups is 1. The first-order valence-corrected chi connectivity index (χ1v) is 14.6. The summed E-state index contributed by atoms with van der Waals surface area (Å²) in [4.78, 5) is 67.8. The first-order valence-electron chi connectivity index (χ1n) is 13.4. The first-order chi connectivity index (χ1) is 20.9. The van der Waals surface area contributed by atoms with Gasteiger partial charge in [0.1, 0.15) is 18.4 Å². The maximum atomic E-state index is 13.7. The molecule has 1 saturated heterocycles. The van der Waals surface area contributed by atoms with E-state index in [1.165, 1.54) is 11.8 Å². The van der Waals surface area contributed by atoms with Gasteiger partial charge in [0.15, 0.2) is 28.9 Å². The lowest BCUT2D eigenvalue weighted by Gasteiger charge is -2.44. The number of ether oxygens (including phenoxy) is 5. The van der Waals surface area contributed by atoms with E-state index in [0.29, 0.717) is 16.3 Å². The molecule has 0 N–H and O–H groups in total. The highest BCUT2D eigenvalue weighted by Gasteiger charge is 2.53. The zero-order valence-corrected chi connectivity index (χ0v) is 25.7. The molecule has 5 atom stereocenters. The minimum Gasteiger partial charge on any atom is -0.463 e. The zero-order chi connectivity index (χ0) is 32.0. The number of anilines is 1. The van der Waals surface area contributed by atoms with Crippen LogP contribution in [-0.2, 0) is 47.7 Å². The molecule has 1 fully saturated rings. The Labute approximate surface area is 262 Å². The maximum Gasteiger partial charge on any atom is 0.303 e. The summed E-state index contributed by atoms with van der Waals surface area (Å²) in [6.45, 7) is 4.22. The van der Waals surface area contributed by atoms with Crippen LogP contribution in [0.25, 0.3) is 6.08 Å². The number of esters is 4. The molecular formula is C30H29ClN2O10S. The summed E-state index contributed by atoms with van der Waals surface area (Å²) in [6, 6.07) is 15.6. The minimum absolute atomic E-state index is 0.0649. The van der Waals surface area contributed by atoms with Gasteiger partial charge in [0, 0.05) is 32.7 Å². The highest BCUT2D eigenvalue weighted by atomic mass is 35.5. The summed E-state index contributed by atoms with van der Waals surface area (Å²) in [6.07, 6.45) is -3.64. The van der Waals surface area contributed by atoms with Crippen LogP contribution < -0.4 is 4.90 Å². The van der Waals surface area contributed by atoms with Crippen molar-refractivity contribution in [2.24, 2.45) is 4.99 Å². The number of carbonyl (C=O) groups excluding carboxylic acids is 5. The SMILES string of the molecule is CC(=O)OCC1OC(SC2=NC(=Cc3ccccc3Cl)C(=O)N2c2ccccc2)C(OC(C)=O)C(OC(C)=O)C1OC(C)=O. The second kappa shape index (κ2) is 14.5. The number of nitrogens with zero attached hydrogens (tertiary/aromatic N) is 2. The number of carbonyl (C=O) groups is 5. The van der Waals surface area contributed by atoms with Crippen molar-refractivity contribution >= 4 is 70.1 Å². The van der Waals surface area contributed by atoms with Crippen LogP contribution in [-0.4, -0.2) is 71.4 Å². The van der Waals surface area contributed by atoms with Crippen LogP contribution in [0.5, 0.6) is 0 Å². The Morgan fingerprint density at radius 3 is 2.07 bits per heavy atom. The van der Waals surface area contributed by atoms with E-state index >= 15 is 0 Å². The fraction of sp³-hybridized carbons (Fsp3) is 0.333. The lowest BCUT2D eigenvalue weighted by Crippen LogP contribution is -2.61. The summed E-state index contributed by atoms with van der Waals surface area (Å²) in [5.74, 6) is -3.35. The molecule has 2 aliphatic rings. The summed E-state index contributed by atoms with van der Waals surface area (Å²) >= 11 is 7.24. The second-order valence-electron chi connectivity index (χ2n) is 9.61. The van der Waals surface area contributed by atoms with Crippen molar-refractivity contribution in [2.75, 3.05) is 11.5 Å². The van der Waals surface area contributed by atoms with Gasteiger partial charge >= 0.3 is 23.9 Å². The third kappa shape index (κ3) is 8.04. The van der Waals surface area contributed by atoms with E-state index in [1.807, 2.05) is 0 Å². The van der Waals surface area contributed by atoms with Gasteiger partial charge in [0.25, 0.3) is 5.91 Å². The van der Waals surface area contributed by atoms with E-state index in [4.69, 9.17) is 35.3 Å². The van der Waals surface area contributed by atoms with Gasteiger partial charge < -0.3 is 23.7 Å². The van der Waals surface area contributed by atoms with Gasteiger partial charge in [-0.2, -0.15) is 0 Å². The number of halogens is 1. The molecular weight excluding hydrogens is 616 g/mol. The average Bonchev–Trinajstić information content (AvgIpc) is 3.25. The Balaban J connectivity index is 1.79. The van der Waals surface area contributed by atoms with Gasteiger partial charge in [-0.15, -0.1) is 0 Å². The molecule has 0 saturated carbocycles. The van der Waals surface area contributed by atoms with Gasteiger partial charge in [-0.3, -0.25) is 28.9 Å². The molecule has 4 rings (SSSR count). The standard InChI is InChI=1S/C30H29ClN2O10S/c1-16(34)39-15-24-25(40-17(2)35)26(41-18(3)36)27(42-19(4)37)29(43-24)44-30-32-23(14-20-10-8-9-13-22(20)31)28(38)33(30)21-11-6-5-7-12-21/h5-14,24-27,29H,15H2,1-4H3. The van der Waals surface area contributed by atoms with E-state index in [0.717, 1.165) is 32.5 Å². The summed E-state index contributed by atoms with van der Waals surface area (Å²) in [5.41, 5.74) is -0.0760. The van der Waals surface area contributed by atoms with Crippen LogP contribution in [0.1, 0.15) is 33.3 Å². The second-order valence-corrected chi connectivity index (χ2v) is 11.1. The van der Waals surface area contributed by atoms with E-state index in [1.54, 1.807) is 60.7 Å². The molecule has 0 bridgehead atoms. The zero-order valence-electron chi connectivity index (χ0n) is 24.1. The van der Waals surface area contributed by atoms with Gasteiger partial charge in [0.2, 0.25) is 0 Å². The molecule has 44 heavy (non-hydrogen) atoms. The third-order valence-electron chi connectivity index (χ3n) is 6.21. The molecule has 2 aromatic carbocycles. The monoisotopic (exact) mass is 644 g/mol.